The maximum atomic E-state index is 12.0. The maximum Gasteiger partial charge on any atom is 0.343 e. The van der Waals surface area contributed by atoms with E-state index in [1.165, 1.54) is 11.1 Å². The third-order valence-electron chi connectivity index (χ3n) is 3.52. The molecule has 0 radical (unpaired) electrons. The molecule has 120 valence electrons. The van der Waals surface area contributed by atoms with E-state index >= 15 is 0 Å². The first-order valence-electron chi connectivity index (χ1n) is 7.79. The SMILES string of the molecule is O=C(Oc1ccc(CSCc2ccccc2)cc1)c1ccccc1. The minimum atomic E-state index is -0.332. The van der Waals surface area contributed by atoms with Crippen LogP contribution in [0.5, 0.6) is 5.75 Å². The van der Waals surface area contributed by atoms with Crippen molar-refractivity contribution in [1.29, 1.82) is 0 Å². The molecule has 0 aliphatic rings. The Bertz CT molecular complexity index is 768. The number of esters is 1. The highest BCUT2D eigenvalue weighted by atomic mass is 32.2. The minimum absolute atomic E-state index is 0.332. The molecular formula is C21H18O2S. The number of benzene rings is 3. The van der Waals surface area contributed by atoms with Gasteiger partial charge in [-0.05, 0) is 35.4 Å². The van der Waals surface area contributed by atoms with Crippen LogP contribution in [0.1, 0.15) is 21.5 Å². The Labute approximate surface area is 146 Å². The van der Waals surface area contributed by atoms with Crippen molar-refractivity contribution in [2.75, 3.05) is 0 Å². The number of hydrogen-bond acceptors (Lipinski definition) is 3. The lowest BCUT2D eigenvalue weighted by Gasteiger charge is -2.06. The number of carbonyl (C=O) groups is 1. The fourth-order valence-corrected chi connectivity index (χ4v) is 3.21. The summed E-state index contributed by atoms with van der Waals surface area (Å²) in [6, 6.07) is 27.1. The first-order chi connectivity index (χ1) is 11.8. The van der Waals surface area contributed by atoms with Gasteiger partial charge in [-0.15, -0.1) is 0 Å². The largest absolute Gasteiger partial charge is 0.423 e. The zero-order valence-electron chi connectivity index (χ0n) is 13.2. The topological polar surface area (TPSA) is 26.3 Å². The molecule has 3 heteroatoms. The molecule has 0 aliphatic carbocycles. The van der Waals surface area contributed by atoms with Crippen molar-refractivity contribution in [1.82, 2.24) is 0 Å². The van der Waals surface area contributed by atoms with Gasteiger partial charge in [-0.2, -0.15) is 11.8 Å². The predicted molar refractivity (Wildman–Crippen MR) is 99.3 cm³/mol. The second-order valence-corrected chi connectivity index (χ2v) is 6.36. The molecular weight excluding hydrogens is 316 g/mol. The van der Waals surface area contributed by atoms with Crippen LogP contribution >= 0.6 is 11.8 Å². The number of ether oxygens (including phenoxy) is 1. The molecule has 3 aromatic carbocycles. The lowest BCUT2D eigenvalue weighted by atomic mass is 10.2. The Morgan fingerprint density at radius 3 is 1.88 bits per heavy atom. The average molecular weight is 334 g/mol. The summed E-state index contributed by atoms with van der Waals surface area (Å²) in [5, 5.41) is 0. The Kier molecular flexibility index (Phi) is 5.70. The van der Waals surface area contributed by atoms with Gasteiger partial charge < -0.3 is 4.74 Å². The highest BCUT2D eigenvalue weighted by Gasteiger charge is 2.07. The summed E-state index contributed by atoms with van der Waals surface area (Å²) in [5.41, 5.74) is 3.10. The number of rotatable bonds is 6. The predicted octanol–water partition coefficient (Wildman–Crippen LogP) is 5.34. The van der Waals surface area contributed by atoms with Gasteiger partial charge in [-0.25, -0.2) is 4.79 Å². The van der Waals surface area contributed by atoms with Gasteiger partial charge in [0, 0.05) is 11.5 Å². The average Bonchev–Trinajstić information content (AvgIpc) is 2.65. The molecule has 0 saturated heterocycles. The molecule has 0 spiro atoms. The third-order valence-corrected chi connectivity index (χ3v) is 4.60. The van der Waals surface area contributed by atoms with Crippen LogP contribution < -0.4 is 4.74 Å². The van der Waals surface area contributed by atoms with Crippen molar-refractivity contribution >= 4 is 17.7 Å². The van der Waals surface area contributed by atoms with Crippen molar-refractivity contribution in [3.8, 4) is 5.75 Å². The molecule has 0 aromatic heterocycles. The van der Waals surface area contributed by atoms with E-state index in [4.69, 9.17) is 4.74 Å². The fourth-order valence-electron chi connectivity index (χ4n) is 2.25. The highest BCUT2D eigenvalue weighted by Crippen LogP contribution is 2.20. The van der Waals surface area contributed by atoms with E-state index in [2.05, 4.69) is 24.3 Å². The van der Waals surface area contributed by atoms with E-state index in [1.54, 1.807) is 12.1 Å². The van der Waals surface area contributed by atoms with Crippen LogP contribution in [0.25, 0.3) is 0 Å². The zero-order valence-corrected chi connectivity index (χ0v) is 14.0. The van der Waals surface area contributed by atoms with Crippen molar-refractivity contribution in [2.24, 2.45) is 0 Å². The van der Waals surface area contributed by atoms with Crippen LogP contribution in [0.2, 0.25) is 0 Å². The molecule has 0 heterocycles. The van der Waals surface area contributed by atoms with Crippen LogP contribution in [0.3, 0.4) is 0 Å². The van der Waals surface area contributed by atoms with E-state index in [0.717, 1.165) is 11.5 Å². The van der Waals surface area contributed by atoms with E-state index < -0.39 is 0 Å². The van der Waals surface area contributed by atoms with Gasteiger partial charge in [0.25, 0.3) is 0 Å². The van der Waals surface area contributed by atoms with Crippen LogP contribution in [-0.2, 0) is 11.5 Å². The first kappa shape index (κ1) is 16.3. The third kappa shape index (κ3) is 4.74. The minimum Gasteiger partial charge on any atom is -0.423 e. The fraction of sp³-hybridized carbons (Fsp3) is 0.0952. The van der Waals surface area contributed by atoms with Gasteiger partial charge >= 0.3 is 5.97 Å². The molecule has 24 heavy (non-hydrogen) atoms. The summed E-state index contributed by atoms with van der Waals surface area (Å²) in [4.78, 5) is 12.0. The van der Waals surface area contributed by atoms with Crippen molar-refractivity contribution in [3.63, 3.8) is 0 Å². The summed E-state index contributed by atoms with van der Waals surface area (Å²) in [5.74, 6) is 2.16. The van der Waals surface area contributed by atoms with Crippen molar-refractivity contribution < 1.29 is 9.53 Å². The van der Waals surface area contributed by atoms with Crippen LogP contribution in [0.15, 0.2) is 84.9 Å². The molecule has 0 N–H and O–H groups in total. The molecule has 3 aromatic rings. The lowest BCUT2D eigenvalue weighted by molar-refractivity contribution is 0.0734. The molecule has 3 rings (SSSR count). The number of hydrogen-bond donors (Lipinski definition) is 0. The number of thioether (sulfide) groups is 1. The molecule has 0 atom stereocenters. The maximum absolute atomic E-state index is 12.0. The molecule has 0 bridgehead atoms. The van der Waals surface area contributed by atoms with Crippen LogP contribution in [-0.4, -0.2) is 5.97 Å². The van der Waals surface area contributed by atoms with Gasteiger partial charge in [-0.1, -0.05) is 60.7 Å². The van der Waals surface area contributed by atoms with Gasteiger partial charge in [0.1, 0.15) is 5.75 Å². The van der Waals surface area contributed by atoms with Crippen LogP contribution in [0, 0.1) is 0 Å². The molecule has 0 amide bonds. The van der Waals surface area contributed by atoms with Crippen molar-refractivity contribution in [2.45, 2.75) is 11.5 Å². The van der Waals surface area contributed by atoms with Crippen LogP contribution in [0.4, 0.5) is 0 Å². The Morgan fingerprint density at radius 2 is 1.25 bits per heavy atom. The summed E-state index contributed by atoms with van der Waals surface area (Å²) < 4.78 is 5.38. The van der Waals surface area contributed by atoms with E-state index in [9.17, 15) is 4.79 Å². The molecule has 2 nitrogen and oxygen atoms in total. The molecule has 0 fully saturated rings. The number of carbonyl (C=O) groups excluding carboxylic acids is 1. The first-order valence-corrected chi connectivity index (χ1v) is 8.94. The van der Waals surface area contributed by atoms with Gasteiger partial charge in [0.2, 0.25) is 0 Å². The Balaban J connectivity index is 1.51. The summed E-state index contributed by atoms with van der Waals surface area (Å²) in [6.07, 6.45) is 0. The summed E-state index contributed by atoms with van der Waals surface area (Å²) in [6.45, 7) is 0. The lowest BCUT2D eigenvalue weighted by Crippen LogP contribution is -2.07. The zero-order chi connectivity index (χ0) is 16.6. The molecule has 0 saturated carbocycles. The Hall–Kier alpha value is -2.52. The van der Waals surface area contributed by atoms with E-state index in [0.29, 0.717) is 11.3 Å². The van der Waals surface area contributed by atoms with Gasteiger partial charge in [0.15, 0.2) is 0 Å². The molecule has 0 aliphatic heterocycles. The van der Waals surface area contributed by atoms with Crippen molar-refractivity contribution in [3.05, 3.63) is 102 Å². The van der Waals surface area contributed by atoms with E-state index in [-0.39, 0.29) is 5.97 Å². The second kappa shape index (κ2) is 8.37. The smallest absolute Gasteiger partial charge is 0.343 e. The van der Waals surface area contributed by atoms with Gasteiger partial charge in [-0.3, -0.25) is 0 Å². The molecule has 0 unspecified atom stereocenters. The summed E-state index contributed by atoms with van der Waals surface area (Å²) in [7, 11) is 0. The monoisotopic (exact) mass is 334 g/mol. The quantitative estimate of drug-likeness (QED) is 0.449. The highest BCUT2D eigenvalue weighted by molar-refractivity contribution is 7.97. The standard InChI is InChI=1S/C21H18O2S/c22-21(19-9-5-2-6-10-19)23-20-13-11-18(12-14-20)16-24-15-17-7-3-1-4-8-17/h1-14H,15-16H2. The Morgan fingerprint density at radius 1 is 0.708 bits per heavy atom. The second-order valence-electron chi connectivity index (χ2n) is 5.38. The summed E-state index contributed by atoms with van der Waals surface area (Å²) >= 11 is 1.87. The normalized spacial score (nSPS) is 10.3. The van der Waals surface area contributed by atoms with Gasteiger partial charge in [0.05, 0.1) is 5.56 Å². The van der Waals surface area contributed by atoms with E-state index in [1.807, 2.05) is 60.3 Å².